The van der Waals surface area contributed by atoms with Gasteiger partial charge in [-0.15, -0.1) is 0 Å². The quantitative estimate of drug-likeness (QED) is 0.520. The molecule has 0 unspecified atom stereocenters. The highest BCUT2D eigenvalue weighted by Gasteiger charge is 2.56. The number of hydrogen-bond acceptors (Lipinski definition) is 1. The molecule has 2 saturated heterocycles. The monoisotopic (exact) mass is 393 g/mol. The van der Waals surface area contributed by atoms with Gasteiger partial charge < -0.3 is 4.81 Å². The first-order valence-corrected chi connectivity index (χ1v) is 11.5. The highest BCUT2D eigenvalue weighted by molar-refractivity contribution is 6.72. The lowest BCUT2D eigenvalue weighted by atomic mass is 9.48. The van der Waals surface area contributed by atoms with Gasteiger partial charge in [0.2, 0.25) is 0 Å². The van der Waals surface area contributed by atoms with E-state index in [9.17, 15) is 0 Å². The lowest BCUT2D eigenvalue weighted by Crippen LogP contribution is -2.45. The second-order valence-corrected chi connectivity index (χ2v) is 10.2. The SMILES string of the molecule is CC(C)(C)c1ccc(B2CC(c3ccccc3)(c3ccccc3)[C@H]3CCCN23)cc1. The van der Waals surface area contributed by atoms with E-state index in [2.05, 4.69) is 111 Å². The smallest absolute Gasteiger partial charge is 0.259 e. The molecule has 0 N–H and O–H groups in total. The molecule has 0 amide bonds. The molecule has 2 heteroatoms. The van der Waals surface area contributed by atoms with Crippen LogP contribution in [0.3, 0.4) is 0 Å². The maximum Gasteiger partial charge on any atom is 0.259 e. The van der Waals surface area contributed by atoms with E-state index in [1.54, 1.807) is 0 Å². The van der Waals surface area contributed by atoms with Crippen LogP contribution in [0.2, 0.25) is 6.32 Å². The molecule has 3 aromatic rings. The van der Waals surface area contributed by atoms with Crippen LogP contribution in [0.5, 0.6) is 0 Å². The van der Waals surface area contributed by atoms with Crippen molar-refractivity contribution in [3.63, 3.8) is 0 Å². The fourth-order valence-corrected chi connectivity index (χ4v) is 6.02. The minimum Gasteiger partial charge on any atom is -0.334 e. The Bertz CT molecular complexity index is 949. The first-order chi connectivity index (χ1) is 14.5. The Balaban J connectivity index is 1.61. The Morgan fingerprint density at radius 2 is 1.37 bits per heavy atom. The van der Waals surface area contributed by atoms with Crippen molar-refractivity contribution < 1.29 is 0 Å². The molecule has 0 spiro atoms. The summed E-state index contributed by atoms with van der Waals surface area (Å²) in [5.41, 5.74) is 6.10. The van der Waals surface area contributed by atoms with Crippen LogP contribution in [0.25, 0.3) is 0 Å². The van der Waals surface area contributed by atoms with Crippen molar-refractivity contribution in [1.82, 2.24) is 4.81 Å². The fourth-order valence-electron chi connectivity index (χ4n) is 6.02. The van der Waals surface area contributed by atoms with Gasteiger partial charge in [-0.25, -0.2) is 0 Å². The van der Waals surface area contributed by atoms with Gasteiger partial charge in [-0.05, 0) is 47.8 Å². The van der Waals surface area contributed by atoms with E-state index in [0.29, 0.717) is 12.9 Å². The topological polar surface area (TPSA) is 3.24 Å². The molecule has 1 atom stereocenters. The second kappa shape index (κ2) is 7.43. The maximum atomic E-state index is 2.81. The normalized spacial score (nSPS) is 21.0. The van der Waals surface area contributed by atoms with Crippen LogP contribution in [0.4, 0.5) is 0 Å². The predicted octanol–water partition coefficient (Wildman–Crippen LogP) is 5.65. The van der Waals surface area contributed by atoms with Crippen molar-refractivity contribution in [2.75, 3.05) is 6.54 Å². The van der Waals surface area contributed by atoms with Crippen LogP contribution in [-0.4, -0.2) is 24.2 Å². The Morgan fingerprint density at radius 3 is 1.90 bits per heavy atom. The second-order valence-electron chi connectivity index (χ2n) is 10.2. The van der Waals surface area contributed by atoms with E-state index in [1.165, 1.54) is 41.5 Å². The summed E-state index contributed by atoms with van der Waals surface area (Å²) in [6.07, 6.45) is 3.73. The standard InChI is InChI=1S/C28H32BN/c1-27(2,3)22-16-18-25(19-17-22)29-21-28(23-11-6-4-7-12-23,24-13-8-5-9-14-24)26-15-10-20-30(26)29/h4-9,11-14,16-19,26H,10,15,20-21H2,1-3H3/t26-/m1/s1. The Hall–Kier alpha value is -2.32. The van der Waals surface area contributed by atoms with E-state index in [0.717, 1.165) is 6.32 Å². The molecule has 1 nitrogen and oxygen atoms in total. The number of hydrogen-bond donors (Lipinski definition) is 0. The van der Waals surface area contributed by atoms with Crippen molar-refractivity contribution in [1.29, 1.82) is 0 Å². The van der Waals surface area contributed by atoms with Gasteiger partial charge in [0.1, 0.15) is 0 Å². The molecule has 5 rings (SSSR count). The van der Waals surface area contributed by atoms with Crippen molar-refractivity contribution in [2.45, 2.75) is 56.8 Å². The van der Waals surface area contributed by atoms with E-state index < -0.39 is 0 Å². The van der Waals surface area contributed by atoms with Crippen LogP contribution in [0.15, 0.2) is 84.9 Å². The summed E-state index contributed by atoms with van der Waals surface area (Å²) in [6, 6.07) is 32.6. The summed E-state index contributed by atoms with van der Waals surface area (Å²) >= 11 is 0. The number of benzene rings is 3. The Kier molecular flexibility index (Phi) is 4.86. The molecule has 2 aliphatic rings. The Labute approximate surface area is 182 Å². The zero-order valence-electron chi connectivity index (χ0n) is 18.5. The average molecular weight is 393 g/mol. The first-order valence-electron chi connectivity index (χ1n) is 11.5. The average Bonchev–Trinajstić information content (AvgIpc) is 3.37. The third-order valence-corrected chi connectivity index (χ3v) is 7.52. The highest BCUT2D eigenvalue weighted by Crippen LogP contribution is 2.51. The van der Waals surface area contributed by atoms with E-state index >= 15 is 0 Å². The van der Waals surface area contributed by atoms with Gasteiger partial charge in [0, 0.05) is 11.5 Å². The number of fused-ring (bicyclic) bond motifs is 1. The van der Waals surface area contributed by atoms with Gasteiger partial charge in [0.15, 0.2) is 0 Å². The molecule has 30 heavy (non-hydrogen) atoms. The summed E-state index contributed by atoms with van der Waals surface area (Å²) in [5.74, 6) is 0. The minimum absolute atomic E-state index is 0.0619. The molecule has 3 aromatic carbocycles. The molecule has 0 saturated carbocycles. The minimum atomic E-state index is 0.0619. The van der Waals surface area contributed by atoms with Crippen molar-refractivity contribution in [3.05, 3.63) is 102 Å². The van der Waals surface area contributed by atoms with Gasteiger partial charge in [-0.3, -0.25) is 0 Å². The van der Waals surface area contributed by atoms with E-state index in [1.807, 2.05) is 0 Å². The van der Waals surface area contributed by atoms with Gasteiger partial charge >= 0.3 is 0 Å². The maximum absolute atomic E-state index is 2.81. The molecule has 0 radical (unpaired) electrons. The van der Waals surface area contributed by atoms with Crippen LogP contribution >= 0.6 is 0 Å². The van der Waals surface area contributed by atoms with Crippen molar-refractivity contribution in [2.24, 2.45) is 0 Å². The zero-order chi connectivity index (χ0) is 20.8. The van der Waals surface area contributed by atoms with Crippen LogP contribution in [0, 0.1) is 0 Å². The van der Waals surface area contributed by atoms with Gasteiger partial charge in [0.25, 0.3) is 6.85 Å². The van der Waals surface area contributed by atoms with Gasteiger partial charge in [-0.2, -0.15) is 0 Å². The number of nitrogens with zero attached hydrogens (tertiary/aromatic N) is 1. The molecule has 2 fully saturated rings. The van der Waals surface area contributed by atoms with Crippen LogP contribution < -0.4 is 5.46 Å². The first kappa shape index (κ1) is 19.6. The summed E-state index contributed by atoms with van der Waals surface area (Å²) < 4.78 is 0. The molecular weight excluding hydrogens is 361 g/mol. The summed E-state index contributed by atoms with van der Waals surface area (Å²) in [5, 5.41) is 0. The molecule has 0 aliphatic carbocycles. The summed E-state index contributed by atoms with van der Waals surface area (Å²) in [6.45, 7) is 8.57. The predicted molar refractivity (Wildman–Crippen MR) is 129 cm³/mol. The van der Waals surface area contributed by atoms with Crippen LogP contribution in [-0.2, 0) is 10.8 Å². The molecule has 152 valence electrons. The van der Waals surface area contributed by atoms with E-state index in [4.69, 9.17) is 0 Å². The largest absolute Gasteiger partial charge is 0.334 e. The molecule has 2 heterocycles. The summed E-state index contributed by atoms with van der Waals surface area (Å²) in [7, 11) is 0. The van der Waals surface area contributed by atoms with Gasteiger partial charge in [0.05, 0.1) is 0 Å². The molecule has 0 aromatic heterocycles. The third kappa shape index (κ3) is 3.13. The lowest BCUT2D eigenvalue weighted by Gasteiger charge is -2.37. The van der Waals surface area contributed by atoms with E-state index in [-0.39, 0.29) is 10.8 Å². The van der Waals surface area contributed by atoms with Crippen molar-refractivity contribution >= 4 is 12.3 Å². The van der Waals surface area contributed by atoms with Crippen molar-refractivity contribution in [3.8, 4) is 0 Å². The third-order valence-electron chi connectivity index (χ3n) is 7.52. The lowest BCUT2D eigenvalue weighted by molar-refractivity contribution is 0.339. The Morgan fingerprint density at radius 1 is 0.800 bits per heavy atom. The highest BCUT2D eigenvalue weighted by atomic mass is 15.2. The zero-order valence-corrected chi connectivity index (χ0v) is 18.5. The van der Waals surface area contributed by atoms with Crippen LogP contribution in [0.1, 0.15) is 50.3 Å². The fraction of sp³-hybridized carbons (Fsp3) is 0.357. The number of rotatable bonds is 3. The summed E-state index contributed by atoms with van der Waals surface area (Å²) in [4.78, 5) is 2.81. The molecule has 2 aliphatic heterocycles. The molecular formula is C28H32BN. The van der Waals surface area contributed by atoms with Gasteiger partial charge in [-0.1, -0.05) is 111 Å². The molecule has 0 bridgehead atoms.